The van der Waals surface area contributed by atoms with E-state index in [1.807, 2.05) is 36.5 Å². The second-order valence-corrected chi connectivity index (χ2v) is 12.2. The number of aromatic nitrogens is 2. The topological polar surface area (TPSA) is 67.2 Å². The summed E-state index contributed by atoms with van der Waals surface area (Å²) in [7, 11) is 0. The number of hydrogen-bond donors (Lipinski definition) is 2. The Bertz CT molecular complexity index is 1470. The van der Waals surface area contributed by atoms with Gasteiger partial charge in [-0.05, 0) is 85.3 Å². The second kappa shape index (κ2) is 12.6. The fourth-order valence-electron chi connectivity index (χ4n) is 7.35. The number of pyridine rings is 1. The van der Waals surface area contributed by atoms with Gasteiger partial charge in [-0.25, -0.2) is 4.98 Å². The van der Waals surface area contributed by atoms with Crippen molar-refractivity contribution in [1.29, 1.82) is 0 Å². The summed E-state index contributed by atoms with van der Waals surface area (Å²) in [5.41, 5.74) is 8.61. The summed E-state index contributed by atoms with van der Waals surface area (Å²) in [4.78, 5) is 18.8. The first-order valence-corrected chi connectivity index (χ1v) is 15.6. The molecule has 0 spiro atoms. The van der Waals surface area contributed by atoms with Crippen molar-refractivity contribution in [3.05, 3.63) is 100 Å². The van der Waals surface area contributed by atoms with Gasteiger partial charge in [0.05, 0.1) is 18.6 Å². The SMILES string of the molecule is Cc1ccnc2c1c1c(n2Cc2ccc(C(C(=O)NC(CO)c3ccccc3)C3CCCCCC3)cc2)CCCC1. The van der Waals surface area contributed by atoms with E-state index in [9.17, 15) is 9.90 Å². The molecule has 5 heteroatoms. The van der Waals surface area contributed by atoms with Crippen LogP contribution in [0, 0.1) is 12.8 Å². The number of aliphatic hydroxyl groups excluding tert-OH is 1. The average molecular weight is 550 g/mol. The van der Waals surface area contributed by atoms with Gasteiger partial charge in [-0.3, -0.25) is 4.79 Å². The summed E-state index contributed by atoms with van der Waals surface area (Å²) in [6.07, 6.45) is 13.7. The summed E-state index contributed by atoms with van der Waals surface area (Å²) in [5.74, 6) is 0.119. The van der Waals surface area contributed by atoms with Crippen molar-refractivity contribution in [3.8, 4) is 0 Å². The molecule has 41 heavy (non-hydrogen) atoms. The lowest BCUT2D eigenvalue weighted by molar-refractivity contribution is -0.125. The molecule has 2 aliphatic rings. The third kappa shape index (κ3) is 5.83. The standard InChI is InChI=1S/C36H43N3O2/c1-25-21-22-37-35-33(25)30-15-9-10-16-32(30)39(35)23-26-17-19-29(20-18-26)34(28-13-5-2-3-6-14-28)36(41)38-31(24-40)27-11-7-4-8-12-27/h4,7-8,11-12,17-22,28,31,34,40H,2-3,5-6,9-10,13-16,23-24H2,1H3,(H,38,41). The maximum absolute atomic E-state index is 13.9. The molecular formula is C36H43N3O2. The molecular weight excluding hydrogens is 506 g/mol. The van der Waals surface area contributed by atoms with Gasteiger partial charge in [0.1, 0.15) is 5.65 Å². The lowest BCUT2D eigenvalue weighted by Gasteiger charge is -2.28. The summed E-state index contributed by atoms with van der Waals surface area (Å²) in [5, 5.41) is 14.7. The van der Waals surface area contributed by atoms with Crippen LogP contribution in [-0.4, -0.2) is 27.2 Å². The van der Waals surface area contributed by atoms with E-state index in [-0.39, 0.29) is 18.4 Å². The van der Waals surface area contributed by atoms with E-state index in [0.717, 1.165) is 49.0 Å². The van der Waals surface area contributed by atoms with E-state index < -0.39 is 6.04 Å². The number of carbonyl (C=O) groups is 1. The van der Waals surface area contributed by atoms with Gasteiger partial charge in [-0.2, -0.15) is 0 Å². The van der Waals surface area contributed by atoms with E-state index in [1.165, 1.54) is 66.3 Å². The van der Waals surface area contributed by atoms with Gasteiger partial charge in [0.25, 0.3) is 0 Å². The fraction of sp³-hybridized carbons (Fsp3) is 0.444. The molecule has 1 fully saturated rings. The Kier molecular flexibility index (Phi) is 8.52. The van der Waals surface area contributed by atoms with E-state index in [2.05, 4.69) is 47.1 Å². The molecule has 6 rings (SSSR count). The molecule has 2 N–H and O–H groups in total. The molecule has 2 unspecified atom stereocenters. The Morgan fingerprint density at radius 2 is 1.66 bits per heavy atom. The van der Waals surface area contributed by atoms with Gasteiger partial charge in [-0.15, -0.1) is 0 Å². The minimum absolute atomic E-state index is 0.0256. The van der Waals surface area contributed by atoms with Gasteiger partial charge in [0.15, 0.2) is 0 Å². The van der Waals surface area contributed by atoms with Crippen molar-refractivity contribution in [3.63, 3.8) is 0 Å². The van der Waals surface area contributed by atoms with Gasteiger partial charge in [-0.1, -0.05) is 80.3 Å². The molecule has 0 radical (unpaired) electrons. The zero-order chi connectivity index (χ0) is 28.2. The highest BCUT2D eigenvalue weighted by Crippen LogP contribution is 2.37. The van der Waals surface area contributed by atoms with Crippen molar-refractivity contribution in [2.24, 2.45) is 5.92 Å². The Morgan fingerprint density at radius 1 is 0.927 bits per heavy atom. The minimum atomic E-state index is -0.402. The highest BCUT2D eigenvalue weighted by Gasteiger charge is 2.32. The Labute approximate surface area is 244 Å². The summed E-state index contributed by atoms with van der Waals surface area (Å²) in [6, 6.07) is 20.3. The van der Waals surface area contributed by atoms with Crippen LogP contribution in [0.1, 0.15) is 96.8 Å². The lowest BCUT2D eigenvalue weighted by Crippen LogP contribution is -2.37. The zero-order valence-electron chi connectivity index (χ0n) is 24.3. The number of aryl methyl sites for hydroxylation is 2. The molecule has 2 aromatic carbocycles. The third-order valence-corrected chi connectivity index (χ3v) is 9.50. The highest BCUT2D eigenvalue weighted by molar-refractivity contribution is 5.86. The van der Waals surface area contributed by atoms with E-state index in [4.69, 9.17) is 4.98 Å². The van der Waals surface area contributed by atoms with Crippen LogP contribution in [0.25, 0.3) is 11.0 Å². The van der Waals surface area contributed by atoms with Crippen molar-refractivity contribution in [1.82, 2.24) is 14.9 Å². The first kappa shape index (κ1) is 27.7. The Hall–Kier alpha value is -3.44. The predicted octanol–water partition coefficient (Wildman–Crippen LogP) is 7.18. The molecule has 1 saturated carbocycles. The molecule has 1 amide bonds. The van der Waals surface area contributed by atoms with Gasteiger partial charge in [0.2, 0.25) is 5.91 Å². The number of amides is 1. The molecule has 0 aliphatic heterocycles. The minimum Gasteiger partial charge on any atom is -0.394 e. The monoisotopic (exact) mass is 549 g/mol. The molecule has 2 atom stereocenters. The number of rotatable bonds is 8. The normalized spacial score (nSPS) is 17.5. The smallest absolute Gasteiger partial charge is 0.228 e. The average Bonchev–Trinajstić information content (AvgIpc) is 3.13. The number of aliphatic hydroxyl groups is 1. The molecule has 2 aromatic heterocycles. The van der Waals surface area contributed by atoms with Crippen LogP contribution in [0.4, 0.5) is 0 Å². The number of nitrogens with one attached hydrogen (secondary N) is 1. The predicted molar refractivity (Wildman–Crippen MR) is 165 cm³/mol. The van der Waals surface area contributed by atoms with Crippen LogP contribution >= 0.6 is 0 Å². The number of nitrogens with zero attached hydrogens (tertiary/aromatic N) is 2. The zero-order valence-corrected chi connectivity index (χ0v) is 24.3. The van der Waals surface area contributed by atoms with E-state index >= 15 is 0 Å². The van der Waals surface area contributed by atoms with E-state index in [1.54, 1.807) is 0 Å². The van der Waals surface area contributed by atoms with Crippen molar-refractivity contribution >= 4 is 16.9 Å². The molecule has 4 aromatic rings. The third-order valence-electron chi connectivity index (χ3n) is 9.50. The molecule has 214 valence electrons. The molecule has 5 nitrogen and oxygen atoms in total. The van der Waals surface area contributed by atoms with E-state index in [0.29, 0.717) is 5.92 Å². The molecule has 2 heterocycles. The Balaban J connectivity index is 1.28. The number of hydrogen-bond acceptors (Lipinski definition) is 3. The largest absolute Gasteiger partial charge is 0.394 e. The molecule has 2 aliphatic carbocycles. The van der Waals surface area contributed by atoms with Crippen LogP contribution in [0.2, 0.25) is 0 Å². The van der Waals surface area contributed by atoms with Crippen molar-refractivity contribution < 1.29 is 9.90 Å². The summed E-state index contributed by atoms with van der Waals surface area (Å²) >= 11 is 0. The maximum Gasteiger partial charge on any atom is 0.228 e. The number of fused-ring (bicyclic) bond motifs is 3. The fourth-order valence-corrected chi connectivity index (χ4v) is 7.35. The van der Waals surface area contributed by atoms with Crippen LogP contribution in [0.3, 0.4) is 0 Å². The summed E-state index contributed by atoms with van der Waals surface area (Å²) < 4.78 is 2.44. The van der Waals surface area contributed by atoms with Crippen LogP contribution < -0.4 is 5.32 Å². The number of carbonyl (C=O) groups excluding carboxylic acids is 1. The van der Waals surface area contributed by atoms with Gasteiger partial charge < -0.3 is 15.0 Å². The molecule has 0 bridgehead atoms. The van der Waals surface area contributed by atoms with Gasteiger partial charge >= 0.3 is 0 Å². The quantitative estimate of drug-likeness (QED) is 0.229. The molecule has 0 saturated heterocycles. The van der Waals surface area contributed by atoms with Crippen molar-refractivity contribution in [2.45, 2.75) is 89.6 Å². The van der Waals surface area contributed by atoms with Crippen LogP contribution in [0.15, 0.2) is 66.9 Å². The van der Waals surface area contributed by atoms with Crippen LogP contribution in [0.5, 0.6) is 0 Å². The van der Waals surface area contributed by atoms with Crippen molar-refractivity contribution in [2.75, 3.05) is 6.61 Å². The first-order valence-electron chi connectivity index (χ1n) is 15.6. The summed E-state index contributed by atoms with van der Waals surface area (Å²) in [6.45, 7) is 2.88. The van der Waals surface area contributed by atoms with Gasteiger partial charge in [0, 0.05) is 23.8 Å². The second-order valence-electron chi connectivity index (χ2n) is 12.2. The maximum atomic E-state index is 13.9. The first-order chi connectivity index (χ1) is 20.1. The Morgan fingerprint density at radius 3 is 2.39 bits per heavy atom. The number of benzene rings is 2. The highest BCUT2D eigenvalue weighted by atomic mass is 16.3. The van der Waals surface area contributed by atoms with Crippen LogP contribution in [-0.2, 0) is 24.2 Å². The lowest BCUT2D eigenvalue weighted by atomic mass is 9.80.